The molecule has 5 nitrogen and oxygen atoms in total. The van der Waals surface area contributed by atoms with Gasteiger partial charge in [0.1, 0.15) is 5.41 Å². The Morgan fingerprint density at radius 3 is 2.67 bits per heavy atom. The number of carboxylic acid groups (broad SMARTS) is 1. The Balaban J connectivity index is 1.83. The van der Waals surface area contributed by atoms with Gasteiger partial charge in [-0.25, -0.2) is 0 Å². The van der Waals surface area contributed by atoms with Gasteiger partial charge in [0.15, 0.2) is 0 Å². The van der Waals surface area contributed by atoms with Crippen molar-refractivity contribution in [1.82, 2.24) is 4.90 Å². The fourth-order valence-corrected chi connectivity index (χ4v) is 3.97. The number of likely N-dealkylation sites (tertiary alicyclic amines) is 1. The number of aliphatic carboxylic acids is 1. The molecule has 1 aromatic carbocycles. The van der Waals surface area contributed by atoms with E-state index in [-0.39, 0.29) is 19.1 Å². The fourth-order valence-electron chi connectivity index (χ4n) is 3.78. The lowest BCUT2D eigenvalue weighted by Gasteiger charge is -2.40. The van der Waals surface area contributed by atoms with E-state index in [0.29, 0.717) is 24.4 Å². The largest absolute Gasteiger partial charge is 0.481 e. The molecule has 1 saturated heterocycles. The zero-order chi connectivity index (χ0) is 17.4. The Morgan fingerprint density at radius 1 is 1.33 bits per heavy atom. The number of benzene rings is 1. The summed E-state index contributed by atoms with van der Waals surface area (Å²) in [6.07, 6.45) is 2.77. The average molecular weight is 352 g/mol. The van der Waals surface area contributed by atoms with Crippen LogP contribution in [0.15, 0.2) is 24.3 Å². The van der Waals surface area contributed by atoms with Gasteiger partial charge < -0.3 is 14.7 Å². The highest BCUT2D eigenvalue weighted by atomic mass is 35.5. The van der Waals surface area contributed by atoms with Gasteiger partial charge in [0.25, 0.3) is 0 Å². The van der Waals surface area contributed by atoms with Gasteiger partial charge in [-0.15, -0.1) is 0 Å². The number of nitrogens with zero attached hydrogens (tertiary/aromatic N) is 1. The van der Waals surface area contributed by atoms with Crippen molar-refractivity contribution in [3.63, 3.8) is 0 Å². The summed E-state index contributed by atoms with van der Waals surface area (Å²) in [6, 6.07) is 7.42. The minimum atomic E-state index is -1.01. The number of carboxylic acids is 1. The number of hydrogen-bond acceptors (Lipinski definition) is 3. The van der Waals surface area contributed by atoms with Crippen molar-refractivity contribution < 1.29 is 19.4 Å². The van der Waals surface area contributed by atoms with Crippen LogP contribution in [-0.4, -0.2) is 48.7 Å². The van der Waals surface area contributed by atoms with Gasteiger partial charge in [-0.2, -0.15) is 0 Å². The molecule has 0 radical (unpaired) electrons. The molecule has 1 heterocycles. The molecule has 1 amide bonds. The number of carbonyl (C=O) groups excluding carboxylic acids is 1. The lowest BCUT2D eigenvalue weighted by molar-refractivity contribution is -0.159. The number of amides is 1. The third-order valence-electron chi connectivity index (χ3n) is 5.27. The van der Waals surface area contributed by atoms with Crippen molar-refractivity contribution in [2.75, 3.05) is 26.8 Å². The average Bonchev–Trinajstić information content (AvgIpc) is 3.36. The lowest BCUT2D eigenvalue weighted by atomic mass is 9.79. The molecular formula is C18H22ClNO4. The van der Waals surface area contributed by atoms with Gasteiger partial charge in [0, 0.05) is 25.2 Å². The molecule has 1 aliphatic carbocycles. The van der Waals surface area contributed by atoms with E-state index >= 15 is 0 Å². The van der Waals surface area contributed by atoms with Crippen LogP contribution in [0.1, 0.15) is 31.2 Å². The molecule has 2 aliphatic rings. The molecule has 1 saturated carbocycles. The molecular weight excluding hydrogens is 330 g/mol. The molecule has 0 spiro atoms. The lowest BCUT2D eigenvalue weighted by Crippen LogP contribution is -2.54. The topological polar surface area (TPSA) is 66.8 Å². The summed E-state index contributed by atoms with van der Waals surface area (Å²) in [5.74, 6) is -0.874. The van der Waals surface area contributed by atoms with Gasteiger partial charge in [0.2, 0.25) is 5.91 Å². The summed E-state index contributed by atoms with van der Waals surface area (Å²) in [4.78, 5) is 26.6. The van der Waals surface area contributed by atoms with Crippen LogP contribution in [0, 0.1) is 5.41 Å². The third-order valence-corrected chi connectivity index (χ3v) is 5.51. The molecule has 1 atom stereocenters. The van der Waals surface area contributed by atoms with Crippen molar-refractivity contribution in [3.05, 3.63) is 34.9 Å². The van der Waals surface area contributed by atoms with E-state index in [4.69, 9.17) is 16.3 Å². The molecule has 1 aromatic rings. The maximum Gasteiger partial charge on any atom is 0.313 e. The summed E-state index contributed by atoms with van der Waals surface area (Å²) in [7, 11) is 1.50. The van der Waals surface area contributed by atoms with Crippen molar-refractivity contribution in [1.29, 1.82) is 0 Å². The van der Waals surface area contributed by atoms with E-state index in [9.17, 15) is 14.7 Å². The second-order valence-corrected chi connectivity index (χ2v) is 7.38. The quantitative estimate of drug-likeness (QED) is 0.885. The monoisotopic (exact) mass is 351 g/mol. The molecule has 0 aromatic heterocycles. The molecule has 24 heavy (non-hydrogen) atoms. The standard InChI is InChI=1S/C18H22ClNO4/c1-24-12-17(16(22)23)6-3-9-20(11-17)15(21)18(7-8-18)13-4-2-5-14(19)10-13/h2,4-5,10H,3,6-9,11-12H2,1H3,(H,22,23). The summed E-state index contributed by atoms with van der Waals surface area (Å²) >= 11 is 6.08. The van der Waals surface area contributed by atoms with Crippen molar-refractivity contribution in [3.8, 4) is 0 Å². The summed E-state index contributed by atoms with van der Waals surface area (Å²) in [6.45, 7) is 0.924. The predicted molar refractivity (Wildman–Crippen MR) is 90.1 cm³/mol. The number of rotatable bonds is 5. The van der Waals surface area contributed by atoms with Crippen molar-refractivity contribution >= 4 is 23.5 Å². The zero-order valence-corrected chi connectivity index (χ0v) is 14.5. The van der Waals surface area contributed by atoms with Crippen molar-refractivity contribution in [2.24, 2.45) is 5.41 Å². The first-order valence-electron chi connectivity index (χ1n) is 8.21. The second-order valence-electron chi connectivity index (χ2n) is 6.94. The van der Waals surface area contributed by atoms with Gasteiger partial charge in [0.05, 0.1) is 12.0 Å². The number of halogens is 1. The van der Waals surface area contributed by atoms with E-state index in [1.54, 1.807) is 11.0 Å². The number of hydrogen-bond donors (Lipinski definition) is 1. The third kappa shape index (κ3) is 2.91. The highest BCUT2D eigenvalue weighted by molar-refractivity contribution is 6.30. The van der Waals surface area contributed by atoms with Crippen LogP contribution in [0.3, 0.4) is 0 Å². The van der Waals surface area contributed by atoms with Crippen LogP contribution >= 0.6 is 11.6 Å². The van der Waals surface area contributed by atoms with Gasteiger partial charge in [-0.1, -0.05) is 23.7 Å². The molecule has 0 bridgehead atoms. The van der Waals surface area contributed by atoms with Gasteiger partial charge in [-0.05, 0) is 43.4 Å². The Kier molecular flexibility index (Phi) is 4.58. The van der Waals surface area contributed by atoms with E-state index in [0.717, 1.165) is 18.4 Å². The van der Waals surface area contributed by atoms with Crippen molar-refractivity contribution in [2.45, 2.75) is 31.1 Å². The Bertz CT molecular complexity index is 654. The fraction of sp³-hybridized carbons (Fsp3) is 0.556. The molecule has 1 unspecified atom stereocenters. The van der Waals surface area contributed by atoms with Gasteiger partial charge in [-0.3, -0.25) is 9.59 Å². The minimum Gasteiger partial charge on any atom is -0.481 e. The minimum absolute atomic E-state index is 0.0196. The van der Waals surface area contributed by atoms with Crippen LogP contribution in [0.4, 0.5) is 0 Å². The summed E-state index contributed by atoms with van der Waals surface area (Å²) in [5, 5.41) is 10.3. The maximum absolute atomic E-state index is 13.2. The Labute approximate surface area is 146 Å². The van der Waals surface area contributed by atoms with Crippen LogP contribution in [0.25, 0.3) is 0 Å². The highest BCUT2D eigenvalue weighted by Crippen LogP contribution is 2.50. The zero-order valence-electron chi connectivity index (χ0n) is 13.8. The maximum atomic E-state index is 13.2. The van der Waals surface area contributed by atoms with Crippen LogP contribution in [-0.2, 0) is 19.7 Å². The van der Waals surface area contributed by atoms with E-state index in [2.05, 4.69) is 0 Å². The molecule has 6 heteroatoms. The molecule has 1 N–H and O–H groups in total. The SMILES string of the molecule is COCC1(C(=O)O)CCCN(C(=O)C2(c3cccc(Cl)c3)CC2)C1. The molecule has 2 fully saturated rings. The Morgan fingerprint density at radius 2 is 2.08 bits per heavy atom. The Hall–Kier alpha value is -1.59. The second kappa shape index (κ2) is 6.37. The van der Waals surface area contributed by atoms with Gasteiger partial charge >= 0.3 is 5.97 Å². The molecule has 3 rings (SSSR count). The molecule has 1 aliphatic heterocycles. The molecule has 130 valence electrons. The first kappa shape index (κ1) is 17.2. The first-order chi connectivity index (χ1) is 11.4. The number of methoxy groups -OCH3 is 1. The van der Waals surface area contributed by atoms with Crippen LogP contribution in [0.2, 0.25) is 5.02 Å². The summed E-state index contributed by atoms with van der Waals surface area (Å²) in [5.41, 5.74) is -0.606. The number of ether oxygens (including phenoxy) is 1. The summed E-state index contributed by atoms with van der Waals surface area (Å²) < 4.78 is 5.14. The smallest absolute Gasteiger partial charge is 0.313 e. The van der Waals surface area contributed by atoms with E-state index in [1.165, 1.54) is 7.11 Å². The van der Waals surface area contributed by atoms with E-state index in [1.807, 2.05) is 18.2 Å². The number of carbonyl (C=O) groups is 2. The number of piperidine rings is 1. The van der Waals surface area contributed by atoms with Crippen LogP contribution in [0.5, 0.6) is 0 Å². The normalized spacial score (nSPS) is 25.3. The highest BCUT2D eigenvalue weighted by Gasteiger charge is 2.55. The first-order valence-corrected chi connectivity index (χ1v) is 8.59. The predicted octanol–water partition coefficient (Wildman–Crippen LogP) is 2.71. The van der Waals surface area contributed by atoms with E-state index < -0.39 is 16.8 Å². The van der Waals surface area contributed by atoms with Crippen LogP contribution < -0.4 is 0 Å².